The number of rotatable bonds is 3. The molecule has 0 atom stereocenters. The molecule has 4 aliphatic carbocycles. The third-order valence-electron chi connectivity index (χ3n) is 5.40. The molecule has 4 rings (SSSR count). The first-order chi connectivity index (χ1) is 9.82. The van der Waals surface area contributed by atoms with Gasteiger partial charge < -0.3 is 10.1 Å². The number of carbonyl (C=O) groups is 2. The Kier molecular flexibility index (Phi) is 3.74. The SMILES string of the molecule is CC(C)(C)OC(=O)NCC(=O)C1C2CC3CC(C2)CC1C3. The van der Waals surface area contributed by atoms with Crippen LogP contribution >= 0.6 is 0 Å². The molecule has 4 fully saturated rings. The number of hydrogen-bond acceptors (Lipinski definition) is 3. The zero-order valence-corrected chi connectivity index (χ0v) is 13.4. The zero-order chi connectivity index (χ0) is 15.2. The highest BCUT2D eigenvalue weighted by atomic mass is 16.6. The number of ketones is 1. The van der Waals surface area contributed by atoms with Gasteiger partial charge in [-0.05, 0) is 76.5 Å². The predicted molar refractivity (Wildman–Crippen MR) is 79.8 cm³/mol. The van der Waals surface area contributed by atoms with Crippen molar-refractivity contribution in [2.75, 3.05) is 6.54 Å². The minimum Gasteiger partial charge on any atom is -0.444 e. The van der Waals surface area contributed by atoms with Gasteiger partial charge in [-0.2, -0.15) is 0 Å². The predicted octanol–water partition coefficient (Wildman–Crippen LogP) is 3.15. The molecule has 0 heterocycles. The molecule has 4 nitrogen and oxygen atoms in total. The van der Waals surface area contributed by atoms with Crippen LogP contribution in [0.1, 0.15) is 52.9 Å². The third kappa shape index (κ3) is 3.24. The van der Waals surface area contributed by atoms with E-state index in [1.54, 1.807) is 0 Å². The molecule has 118 valence electrons. The third-order valence-corrected chi connectivity index (χ3v) is 5.40. The van der Waals surface area contributed by atoms with Crippen molar-refractivity contribution in [3.63, 3.8) is 0 Å². The summed E-state index contributed by atoms with van der Waals surface area (Å²) < 4.78 is 5.19. The summed E-state index contributed by atoms with van der Waals surface area (Å²) in [7, 11) is 0. The summed E-state index contributed by atoms with van der Waals surface area (Å²) in [4.78, 5) is 24.2. The van der Waals surface area contributed by atoms with Crippen LogP contribution in [0, 0.1) is 29.6 Å². The van der Waals surface area contributed by atoms with Gasteiger partial charge in [-0.25, -0.2) is 4.79 Å². The Morgan fingerprint density at radius 1 is 1.00 bits per heavy atom. The van der Waals surface area contributed by atoms with E-state index in [0.717, 1.165) is 11.8 Å². The van der Waals surface area contributed by atoms with Crippen LogP contribution in [-0.4, -0.2) is 24.0 Å². The fourth-order valence-corrected chi connectivity index (χ4v) is 5.04. The highest BCUT2D eigenvalue weighted by Crippen LogP contribution is 2.56. The molecule has 0 saturated heterocycles. The standard InChI is InChI=1S/C17H27NO3/c1-17(2,3)21-16(20)18-9-14(19)15-12-5-10-4-11(7-12)8-13(15)6-10/h10-13,15H,4-9H2,1-3H3,(H,18,20). The van der Waals surface area contributed by atoms with E-state index in [1.807, 2.05) is 20.8 Å². The fraction of sp³-hybridized carbons (Fsp3) is 0.882. The molecule has 0 aromatic heterocycles. The normalized spacial score (nSPS) is 37.4. The van der Waals surface area contributed by atoms with Crippen LogP contribution in [0.2, 0.25) is 0 Å². The number of hydrogen-bond donors (Lipinski definition) is 1. The Balaban J connectivity index is 1.53. The van der Waals surface area contributed by atoms with Crippen LogP contribution in [-0.2, 0) is 9.53 Å². The lowest BCUT2D eigenvalue weighted by atomic mass is 9.51. The zero-order valence-electron chi connectivity index (χ0n) is 13.4. The van der Waals surface area contributed by atoms with Crippen LogP contribution in [0.25, 0.3) is 0 Å². The van der Waals surface area contributed by atoms with Crippen molar-refractivity contribution in [3.8, 4) is 0 Å². The van der Waals surface area contributed by atoms with E-state index in [4.69, 9.17) is 4.74 Å². The summed E-state index contributed by atoms with van der Waals surface area (Å²) in [5.41, 5.74) is -0.518. The smallest absolute Gasteiger partial charge is 0.408 e. The second-order valence-electron chi connectivity index (χ2n) is 8.28. The largest absolute Gasteiger partial charge is 0.444 e. The van der Waals surface area contributed by atoms with Crippen molar-refractivity contribution in [2.24, 2.45) is 29.6 Å². The first-order valence-electron chi connectivity index (χ1n) is 8.31. The molecule has 1 N–H and O–H groups in total. The summed E-state index contributed by atoms with van der Waals surface area (Å²) in [5.74, 6) is 3.30. The Morgan fingerprint density at radius 2 is 1.52 bits per heavy atom. The number of carbonyl (C=O) groups excluding carboxylic acids is 2. The van der Waals surface area contributed by atoms with Crippen LogP contribution in [0.4, 0.5) is 4.79 Å². The summed E-state index contributed by atoms with van der Waals surface area (Å²) in [6.45, 7) is 5.60. The lowest BCUT2D eigenvalue weighted by Gasteiger charge is -2.53. The first-order valence-corrected chi connectivity index (χ1v) is 8.31. The second kappa shape index (κ2) is 5.29. The van der Waals surface area contributed by atoms with Gasteiger partial charge in [0.1, 0.15) is 5.60 Å². The van der Waals surface area contributed by atoms with E-state index in [2.05, 4.69) is 5.32 Å². The molecule has 4 aliphatic rings. The van der Waals surface area contributed by atoms with Crippen LogP contribution in [0.3, 0.4) is 0 Å². The summed E-state index contributed by atoms with van der Waals surface area (Å²) in [6, 6.07) is 0. The maximum Gasteiger partial charge on any atom is 0.408 e. The molecule has 0 aromatic carbocycles. The van der Waals surface area contributed by atoms with E-state index in [0.29, 0.717) is 11.8 Å². The van der Waals surface area contributed by atoms with E-state index < -0.39 is 11.7 Å². The Hall–Kier alpha value is -1.06. The van der Waals surface area contributed by atoms with E-state index in [-0.39, 0.29) is 18.2 Å². The Morgan fingerprint density at radius 3 is 2.00 bits per heavy atom. The Bertz CT molecular complexity index is 410. The molecule has 4 saturated carbocycles. The second-order valence-corrected chi connectivity index (χ2v) is 8.28. The molecule has 4 heteroatoms. The first kappa shape index (κ1) is 14.9. The number of Topliss-reactive ketones (excluding diaryl/α,β-unsaturated/α-hetero) is 1. The quantitative estimate of drug-likeness (QED) is 0.869. The van der Waals surface area contributed by atoms with Gasteiger partial charge in [-0.1, -0.05) is 0 Å². The number of amides is 1. The lowest BCUT2D eigenvalue weighted by Crippen LogP contribution is -2.50. The number of ether oxygens (including phenoxy) is 1. The van der Waals surface area contributed by atoms with Gasteiger partial charge in [0.2, 0.25) is 0 Å². The molecule has 0 radical (unpaired) electrons. The average molecular weight is 293 g/mol. The molecule has 0 aliphatic heterocycles. The minimum absolute atomic E-state index is 0.127. The van der Waals surface area contributed by atoms with Crippen molar-refractivity contribution in [3.05, 3.63) is 0 Å². The maximum absolute atomic E-state index is 12.5. The van der Waals surface area contributed by atoms with Crippen molar-refractivity contribution < 1.29 is 14.3 Å². The van der Waals surface area contributed by atoms with E-state index >= 15 is 0 Å². The number of alkyl carbamates (subject to hydrolysis) is 1. The van der Waals surface area contributed by atoms with Gasteiger partial charge in [-0.15, -0.1) is 0 Å². The van der Waals surface area contributed by atoms with Crippen molar-refractivity contribution in [1.29, 1.82) is 0 Å². The molecule has 21 heavy (non-hydrogen) atoms. The monoisotopic (exact) mass is 293 g/mol. The molecule has 0 aromatic rings. The van der Waals surface area contributed by atoms with Gasteiger partial charge in [0.25, 0.3) is 0 Å². The highest BCUT2D eigenvalue weighted by Gasteiger charge is 2.50. The maximum atomic E-state index is 12.5. The summed E-state index contributed by atoms with van der Waals surface area (Å²) >= 11 is 0. The summed E-state index contributed by atoms with van der Waals surface area (Å²) in [6.07, 6.45) is 5.83. The summed E-state index contributed by atoms with van der Waals surface area (Å²) in [5, 5.41) is 2.64. The van der Waals surface area contributed by atoms with Gasteiger partial charge in [-0.3, -0.25) is 4.79 Å². The van der Waals surface area contributed by atoms with Crippen molar-refractivity contribution in [1.82, 2.24) is 5.32 Å². The van der Waals surface area contributed by atoms with Crippen LogP contribution < -0.4 is 5.32 Å². The van der Waals surface area contributed by atoms with Crippen LogP contribution in [0.5, 0.6) is 0 Å². The molecule has 0 unspecified atom stereocenters. The molecular formula is C17H27NO3. The molecule has 1 amide bonds. The van der Waals surface area contributed by atoms with Gasteiger partial charge in [0.05, 0.1) is 6.54 Å². The fourth-order valence-electron chi connectivity index (χ4n) is 5.04. The molecule has 4 bridgehead atoms. The van der Waals surface area contributed by atoms with Gasteiger partial charge in [0, 0.05) is 5.92 Å². The minimum atomic E-state index is -0.518. The topological polar surface area (TPSA) is 55.4 Å². The van der Waals surface area contributed by atoms with Crippen molar-refractivity contribution >= 4 is 11.9 Å². The average Bonchev–Trinajstić information content (AvgIpc) is 2.33. The highest BCUT2D eigenvalue weighted by molar-refractivity contribution is 5.86. The Labute approximate surface area is 127 Å². The molecule has 0 spiro atoms. The molecular weight excluding hydrogens is 266 g/mol. The van der Waals surface area contributed by atoms with Gasteiger partial charge >= 0.3 is 6.09 Å². The van der Waals surface area contributed by atoms with Gasteiger partial charge in [0.15, 0.2) is 5.78 Å². The van der Waals surface area contributed by atoms with E-state index in [1.165, 1.54) is 32.1 Å². The van der Waals surface area contributed by atoms with Crippen molar-refractivity contribution in [2.45, 2.75) is 58.5 Å². The van der Waals surface area contributed by atoms with Crippen LogP contribution in [0.15, 0.2) is 0 Å². The number of nitrogens with one attached hydrogen (secondary N) is 1. The lowest BCUT2D eigenvalue weighted by molar-refractivity contribution is -0.134. The van der Waals surface area contributed by atoms with E-state index in [9.17, 15) is 9.59 Å².